The highest BCUT2D eigenvalue weighted by Gasteiger charge is 2.18. The number of hydrogen-bond donors (Lipinski definition) is 1. The number of para-hydroxylation sites is 1. The van der Waals surface area contributed by atoms with E-state index in [-0.39, 0.29) is 11.3 Å². The van der Waals surface area contributed by atoms with Crippen LogP contribution in [0.5, 0.6) is 5.75 Å². The zero-order valence-corrected chi connectivity index (χ0v) is 10.7. The minimum Gasteiger partial charge on any atom is -0.478 e. The molecule has 2 rings (SSSR count). The predicted molar refractivity (Wildman–Crippen MR) is 67.4 cm³/mol. The van der Waals surface area contributed by atoms with E-state index < -0.39 is 12.6 Å². The molecule has 0 amide bonds. The second kappa shape index (κ2) is 5.87. The van der Waals surface area contributed by atoms with E-state index in [0.29, 0.717) is 24.1 Å². The van der Waals surface area contributed by atoms with Crippen LogP contribution < -0.4 is 4.74 Å². The summed E-state index contributed by atoms with van der Waals surface area (Å²) in [6.07, 6.45) is 1.39. The summed E-state index contributed by atoms with van der Waals surface area (Å²) in [5.74, 6) is -1.18. The molecule has 0 radical (unpaired) electrons. The van der Waals surface area contributed by atoms with Crippen molar-refractivity contribution in [2.75, 3.05) is 13.7 Å². The number of aromatic nitrogens is 1. The topological polar surface area (TPSA) is 60.7 Å². The number of rotatable bonds is 6. The number of benzene rings is 1. The summed E-state index contributed by atoms with van der Waals surface area (Å²) >= 11 is 0. The van der Waals surface area contributed by atoms with Crippen molar-refractivity contribution in [1.82, 2.24) is 4.57 Å². The summed E-state index contributed by atoms with van der Waals surface area (Å²) in [6, 6.07) is 4.41. The number of carboxylic acid groups (broad SMARTS) is 1. The Morgan fingerprint density at radius 3 is 2.80 bits per heavy atom. The Balaban J connectivity index is 2.60. The van der Waals surface area contributed by atoms with E-state index in [1.165, 1.54) is 25.4 Å². The molecule has 0 spiro atoms. The Labute approximate surface area is 113 Å². The summed E-state index contributed by atoms with van der Waals surface area (Å²) in [7, 11) is 1.50. The molecule has 0 fully saturated rings. The number of carboxylic acids is 1. The molecule has 0 aliphatic rings. The van der Waals surface area contributed by atoms with Gasteiger partial charge in [-0.05, 0) is 6.07 Å². The molecule has 0 unspecified atom stereocenters. The van der Waals surface area contributed by atoms with Gasteiger partial charge in [-0.2, -0.15) is 8.78 Å². The van der Waals surface area contributed by atoms with Gasteiger partial charge in [-0.3, -0.25) is 0 Å². The lowest BCUT2D eigenvalue weighted by Gasteiger charge is -2.10. The first kappa shape index (κ1) is 14.3. The Morgan fingerprint density at radius 1 is 1.45 bits per heavy atom. The first-order valence-electron chi connectivity index (χ1n) is 5.83. The second-order valence-electron chi connectivity index (χ2n) is 4.06. The molecule has 1 aromatic carbocycles. The second-order valence-corrected chi connectivity index (χ2v) is 4.06. The number of carbonyl (C=O) groups is 1. The highest BCUT2D eigenvalue weighted by atomic mass is 19.3. The Kier molecular flexibility index (Phi) is 4.19. The van der Waals surface area contributed by atoms with Crippen molar-refractivity contribution in [3.05, 3.63) is 30.0 Å². The van der Waals surface area contributed by atoms with Gasteiger partial charge < -0.3 is 19.1 Å². The van der Waals surface area contributed by atoms with Gasteiger partial charge in [0.1, 0.15) is 5.75 Å². The molecule has 0 saturated carbocycles. The maximum atomic E-state index is 12.4. The van der Waals surface area contributed by atoms with Crippen LogP contribution in [-0.4, -0.2) is 36.0 Å². The van der Waals surface area contributed by atoms with E-state index in [2.05, 4.69) is 4.74 Å². The maximum Gasteiger partial charge on any atom is 0.387 e. The number of aromatic carboxylic acids is 1. The van der Waals surface area contributed by atoms with E-state index in [4.69, 9.17) is 9.84 Å². The van der Waals surface area contributed by atoms with Gasteiger partial charge in [0, 0.05) is 25.2 Å². The van der Waals surface area contributed by atoms with E-state index >= 15 is 0 Å². The number of methoxy groups -OCH3 is 1. The van der Waals surface area contributed by atoms with Crippen molar-refractivity contribution in [1.29, 1.82) is 0 Å². The Bertz CT molecular complexity index is 624. The first-order chi connectivity index (χ1) is 9.54. The molecule has 7 heteroatoms. The zero-order chi connectivity index (χ0) is 14.7. The highest BCUT2D eigenvalue weighted by molar-refractivity contribution is 6.05. The van der Waals surface area contributed by atoms with Crippen LogP contribution in [0.1, 0.15) is 10.4 Å². The van der Waals surface area contributed by atoms with Gasteiger partial charge in [0.2, 0.25) is 0 Å². The van der Waals surface area contributed by atoms with Gasteiger partial charge >= 0.3 is 12.6 Å². The minimum absolute atomic E-state index is 0.0378. The van der Waals surface area contributed by atoms with E-state index in [1.54, 1.807) is 10.6 Å². The van der Waals surface area contributed by atoms with Gasteiger partial charge in [-0.1, -0.05) is 12.1 Å². The van der Waals surface area contributed by atoms with Gasteiger partial charge in [-0.25, -0.2) is 4.79 Å². The standard InChI is InChI=1S/C13H13F2NO4/c1-19-6-5-16-7-9(12(17)18)8-3-2-4-10(11(8)16)20-13(14)15/h2-4,7,13H,5-6H2,1H3,(H,17,18). The summed E-state index contributed by atoms with van der Waals surface area (Å²) in [4.78, 5) is 11.2. The van der Waals surface area contributed by atoms with Crippen molar-refractivity contribution in [2.24, 2.45) is 0 Å². The van der Waals surface area contributed by atoms with Crippen LogP contribution in [0.4, 0.5) is 8.78 Å². The summed E-state index contributed by atoms with van der Waals surface area (Å²) < 4.78 is 35.8. The number of nitrogens with zero attached hydrogens (tertiary/aromatic N) is 1. The van der Waals surface area contributed by atoms with Crippen molar-refractivity contribution < 1.29 is 28.2 Å². The molecule has 0 aliphatic carbocycles. The van der Waals surface area contributed by atoms with Crippen molar-refractivity contribution in [2.45, 2.75) is 13.2 Å². The van der Waals surface area contributed by atoms with E-state index in [0.717, 1.165) is 0 Å². The normalized spacial score (nSPS) is 11.2. The smallest absolute Gasteiger partial charge is 0.387 e. The van der Waals surface area contributed by atoms with Crippen LogP contribution in [-0.2, 0) is 11.3 Å². The van der Waals surface area contributed by atoms with Crippen LogP contribution in [0.25, 0.3) is 10.9 Å². The lowest BCUT2D eigenvalue weighted by atomic mass is 10.1. The fraction of sp³-hybridized carbons (Fsp3) is 0.308. The molecule has 1 heterocycles. The molecule has 2 aromatic rings. The Morgan fingerprint density at radius 2 is 2.20 bits per heavy atom. The number of alkyl halides is 2. The lowest BCUT2D eigenvalue weighted by molar-refractivity contribution is -0.0490. The third-order valence-electron chi connectivity index (χ3n) is 2.84. The molecule has 0 atom stereocenters. The van der Waals surface area contributed by atoms with Crippen LogP contribution in [0.2, 0.25) is 0 Å². The van der Waals surface area contributed by atoms with Gasteiger partial charge in [0.15, 0.2) is 0 Å². The van der Waals surface area contributed by atoms with Gasteiger partial charge in [-0.15, -0.1) is 0 Å². The fourth-order valence-electron chi connectivity index (χ4n) is 2.05. The predicted octanol–water partition coefficient (Wildman–Crippen LogP) is 2.59. The van der Waals surface area contributed by atoms with Crippen LogP contribution >= 0.6 is 0 Å². The third kappa shape index (κ3) is 2.72. The molecular weight excluding hydrogens is 272 g/mol. The minimum atomic E-state index is -2.97. The molecule has 0 aliphatic heterocycles. The number of hydrogen-bond acceptors (Lipinski definition) is 3. The Hall–Kier alpha value is -2.15. The molecule has 108 valence electrons. The maximum absolute atomic E-state index is 12.4. The van der Waals surface area contributed by atoms with Crippen LogP contribution in [0.3, 0.4) is 0 Å². The average molecular weight is 285 g/mol. The largest absolute Gasteiger partial charge is 0.478 e. The number of fused-ring (bicyclic) bond motifs is 1. The molecule has 20 heavy (non-hydrogen) atoms. The number of halogens is 2. The van der Waals surface area contributed by atoms with Gasteiger partial charge in [0.25, 0.3) is 0 Å². The molecule has 5 nitrogen and oxygen atoms in total. The van der Waals surface area contributed by atoms with E-state index in [9.17, 15) is 13.6 Å². The highest BCUT2D eigenvalue weighted by Crippen LogP contribution is 2.31. The fourth-order valence-corrected chi connectivity index (χ4v) is 2.05. The van der Waals surface area contributed by atoms with Gasteiger partial charge in [0.05, 0.1) is 17.7 Å². The summed E-state index contributed by atoms with van der Waals surface area (Å²) in [6.45, 7) is -2.31. The lowest BCUT2D eigenvalue weighted by Crippen LogP contribution is -2.06. The average Bonchev–Trinajstić information content (AvgIpc) is 2.76. The summed E-state index contributed by atoms with van der Waals surface area (Å²) in [5.41, 5.74) is 0.359. The third-order valence-corrected chi connectivity index (χ3v) is 2.84. The number of ether oxygens (including phenoxy) is 2. The molecule has 0 saturated heterocycles. The monoisotopic (exact) mass is 285 g/mol. The van der Waals surface area contributed by atoms with Crippen molar-refractivity contribution >= 4 is 16.9 Å². The van der Waals surface area contributed by atoms with E-state index in [1.807, 2.05) is 0 Å². The first-order valence-corrected chi connectivity index (χ1v) is 5.83. The zero-order valence-electron chi connectivity index (χ0n) is 10.7. The quantitative estimate of drug-likeness (QED) is 0.886. The van der Waals surface area contributed by atoms with Crippen LogP contribution in [0.15, 0.2) is 24.4 Å². The summed E-state index contributed by atoms with van der Waals surface area (Å²) in [5, 5.41) is 9.51. The van der Waals surface area contributed by atoms with Crippen LogP contribution in [0, 0.1) is 0 Å². The van der Waals surface area contributed by atoms with Crippen molar-refractivity contribution in [3.63, 3.8) is 0 Å². The SMILES string of the molecule is COCCn1cc(C(=O)O)c2cccc(OC(F)F)c21. The van der Waals surface area contributed by atoms with Crippen molar-refractivity contribution in [3.8, 4) is 5.75 Å². The molecular formula is C13H13F2NO4. The molecule has 1 aromatic heterocycles. The molecule has 1 N–H and O–H groups in total. The molecule has 0 bridgehead atoms.